The Kier molecular flexibility index (Phi) is 5.47. The van der Waals surface area contributed by atoms with E-state index >= 15 is 0 Å². The number of pyridine rings is 4. The summed E-state index contributed by atoms with van der Waals surface area (Å²) in [7, 11) is 0. The molecule has 9 aromatic rings. The van der Waals surface area contributed by atoms with E-state index in [0.29, 0.717) is 0 Å². The van der Waals surface area contributed by atoms with Gasteiger partial charge in [0.25, 0.3) is 0 Å². The van der Waals surface area contributed by atoms with Crippen LogP contribution in [0.3, 0.4) is 0 Å². The van der Waals surface area contributed by atoms with Gasteiger partial charge in [0.1, 0.15) is 0 Å². The highest BCUT2D eigenvalue weighted by Gasteiger charge is 2.14. The summed E-state index contributed by atoms with van der Waals surface area (Å²) in [4.78, 5) is 20.1. The highest BCUT2D eigenvalue weighted by atomic mass is 14.8. The summed E-state index contributed by atoms with van der Waals surface area (Å²) in [6, 6.07) is 48.5. The molecule has 4 nitrogen and oxygen atoms in total. The zero-order valence-electron chi connectivity index (χ0n) is 23.6. The van der Waals surface area contributed by atoms with Crippen molar-refractivity contribution in [3.05, 3.63) is 146 Å². The molecule has 5 aromatic carbocycles. The second-order valence-electron chi connectivity index (χ2n) is 11.2. The molecule has 0 saturated carbocycles. The molecule has 204 valence electrons. The average molecular weight is 561 g/mol. The predicted octanol–water partition coefficient (Wildman–Crippen LogP) is 10.0. The molecule has 0 N–H and O–H groups in total. The number of nitrogens with zero attached hydrogens (tertiary/aromatic N) is 4. The van der Waals surface area contributed by atoms with Gasteiger partial charge in [-0.25, -0.2) is 15.0 Å². The van der Waals surface area contributed by atoms with Crippen molar-refractivity contribution in [1.82, 2.24) is 19.9 Å². The first-order valence-electron chi connectivity index (χ1n) is 14.7. The zero-order chi connectivity index (χ0) is 29.0. The summed E-state index contributed by atoms with van der Waals surface area (Å²) >= 11 is 0. The van der Waals surface area contributed by atoms with E-state index < -0.39 is 0 Å². The second-order valence-corrected chi connectivity index (χ2v) is 11.2. The first kappa shape index (κ1) is 24.6. The minimum Gasteiger partial charge on any atom is -0.256 e. The minimum atomic E-state index is 0.793. The molecule has 0 radical (unpaired) electrons. The van der Waals surface area contributed by atoms with Crippen LogP contribution in [0.5, 0.6) is 0 Å². The van der Waals surface area contributed by atoms with E-state index in [0.717, 1.165) is 66.6 Å². The molecule has 0 aliphatic rings. The Labute approximate surface area is 253 Å². The number of benzene rings is 5. The lowest BCUT2D eigenvalue weighted by atomic mass is 9.99. The molecule has 4 heterocycles. The number of hydrogen-bond acceptors (Lipinski definition) is 4. The number of rotatable bonds is 3. The van der Waals surface area contributed by atoms with Crippen molar-refractivity contribution in [2.45, 2.75) is 0 Å². The standard InChI is InChI=1S/C40H24N4/c1-3-9-28-21-36-30(19-26(28)7-1)14-16-34(42-36)38-23-32(33-13-5-11-25-12-6-18-41-40(25)33)24-39(44-38)35-17-15-31-20-27-8-2-4-10-29(27)22-37(31)43-35/h1-24H. The summed E-state index contributed by atoms with van der Waals surface area (Å²) < 4.78 is 0. The van der Waals surface area contributed by atoms with Crippen molar-refractivity contribution in [2.75, 3.05) is 0 Å². The lowest BCUT2D eigenvalue weighted by Gasteiger charge is -2.12. The van der Waals surface area contributed by atoms with Crippen LogP contribution in [0.2, 0.25) is 0 Å². The number of fused-ring (bicyclic) bond motifs is 5. The molecule has 0 aliphatic carbocycles. The van der Waals surface area contributed by atoms with Crippen molar-refractivity contribution in [3.8, 4) is 33.9 Å². The maximum Gasteiger partial charge on any atom is 0.0900 e. The van der Waals surface area contributed by atoms with Gasteiger partial charge in [-0.15, -0.1) is 0 Å². The van der Waals surface area contributed by atoms with Gasteiger partial charge in [0, 0.05) is 27.9 Å². The van der Waals surface area contributed by atoms with Gasteiger partial charge in [0.05, 0.1) is 39.3 Å². The maximum atomic E-state index is 5.17. The first-order valence-corrected chi connectivity index (χ1v) is 14.7. The van der Waals surface area contributed by atoms with E-state index in [2.05, 4.69) is 133 Å². The Morgan fingerprint density at radius 3 is 1.45 bits per heavy atom. The number of aromatic nitrogens is 4. The molecule has 44 heavy (non-hydrogen) atoms. The fourth-order valence-corrected chi connectivity index (χ4v) is 6.19. The van der Waals surface area contributed by atoms with Gasteiger partial charge in [-0.1, -0.05) is 84.9 Å². The van der Waals surface area contributed by atoms with E-state index in [1.54, 1.807) is 0 Å². The van der Waals surface area contributed by atoms with Gasteiger partial charge < -0.3 is 0 Å². The molecule has 0 fully saturated rings. The topological polar surface area (TPSA) is 51.6 Å². The van der Waals surface area contributed by atoms with Crippen LogP contribution < -0.4 is 0 Å². The van der Waals surface area contributed by atoms with Crippen LogP contribution in [0, 0.1) is 0 Å². The molecule has 0 aliphatic heterocycles. The summed E-state index contributed by atoms with van der Waals surface area (Å²) in [5.41, 5.74) is 8.12. The molecule has 0 spiro atoms. The van der Waals surface area contributed by atoms with Gasteiger partial charge >= 0.3 is 0 Å². The van der Waals surface area contributed by atoms with Crippen LogP contribution in [0.4, 0.5) is 0 Å². The lowest BCUT2D eigenvalue weighted by molar-refractivity contribution is 1.25. The van der Waals surface area contributed by atoms with Crippen molar-refractivity contribution in [2.24, 2.45) is 0 Å². The van der Waals surface area contributed by atoms with Crippen LogP contribution in [-0.4, -0.2) is 19.9 Å². The third-order valence-corrected chi connectivity index (χ3v) is 8.41. The monoisotopic (exact) mass is 560 g/mol. The van der Waals surface area contributed by atoms with Crippen molar-refractivity contribution in [3.63, 3.8) is 0 Å². The summed E-state index contributed by atoms with van der Waals surface area (Å²) in [6.45, 7) is 0. The molecule has 0 amide bonds. The van der Waals surface area contributed by atoms with Crippen molar-refractivity contribution in [1.29, 1.82) is 0 Å². The SMILES string of the molecule is c1ccc2cc3nc(-c4cc(-c5cccc6cccnc56)cc(-c5ccc6cc7ccccc7cc6n5)n4)ccc3cc2c1. The fraction of sp³-hybridized carbons (Fsp3) is 0. The lowest BCUT2D eigenvalue weighted by Crippen LogP contribution is -1.96. The van der Waals surface area contributed by atoms with Gasteiger partial charge in [-0.2, -0.15) is 0 Å². The molecule has 0 atom stereocenters. The summed E-state index contributed by atoms with van der Waals surface area (Å²) in [5.74, 6) is 0. The Morgan fingerprint density at radius 1 is 0.341 bits per heavy atom. The van der Waals surface area contributed by atoms with E-state index in [9.17, 15) is 0 Å². The molecular weight excluding hydrogens is 536 g/mol. The van der Waals surface area contributed by atoms with Crippen molar-refractivity contribution < 1.29 is 0 Å². The van der Waals surface area contributed by atoms with Gasteiger partial charge in [0.2, 0.25) is 0 Å². The van der Waals surface area contributed by atoms with Crippen molar-refractivity contribution >= 4 is 54.3 Å². The molecular formula is C40H24N4. The Morgan fingerprint density at radius 2 is 0.864 bits per heavy atom. The van der Waals surface area contributed by atoms with Gasteiger partial charge in [-0.05, 0) is 81.7 Å². The normalized spacial score (nSPS) is 11.6. The average Bonchev–Trinajstić information content (AvgIpc) is 3.09. The Hall–Kier alpha value is -6.00. The quantitative estimate of drug-likeness (QED) is 0.202. The Balaban J connectivity index is 1.27. The highest BCUT2D eigenvalue weighted by Crippen LogP contribution is 2.34. The number of para-hydroxylation sites is 1. The summed E-state index contributed by atoms with van der Waals surface area (Å²) in [5, 5.41) is 8.04. The second kappa shape index (κ2) is 9.79. The third-order valence-electron chi connectivity index (χ3n) is 8.41. The fourth-order valence-electron chi connectivity index (χ4n) is 6.19. The van der Waals surface area contributed by atoms with Crippen LogP contribution in [0.25, 0.3) is 88.2 Å². The van der Waals surface area contributed by atoms with Crippen LogP contribution in [0.1, 0.15) is 0 Å². The van der Waals surface area contributed by atoms with Crippen LogP contribution in [0.15, 0.2) is 146 Å². The maximum absolute atomic E-state index is 5.17. The van der Waals surface area contributed by atoms with E-state index in [-0.39, 0.29) is 0 Å². The smallest absolute Gasteiger partial charge is 0.0900 e. The Bertz CT molecular complexity index is 2430. The minimum absolute atomic E-state index is 0.793. The molecule has 0 unspecified atom stereocenters. The largest absolute Gasteiger partial charge is 0.256 e. The van der Waals surface area contributed by atoms with E-state index in [4.69, 9.17) is 19.9 Å². The summed E-state index contributed by atoms with van der Waals surface area (Å²) in [6.07, 6.45) is 1.85. The van der Waals surface area contributed by atoms with E-state index in [1.807, 2.05) is 12.3 Å². The molecule has 4 heteroatoms. The first-order chi connectivity index (χ1) is 21.7. The van der Waals surface area contributed by atoms with Gasteiger partial charge in [-0.3, -0.25) is 4.98 Å². The zero-order valence-corrected chi connectivity index (χ0v) is 23.6. The third kappa shape index (κ3) is 4.16. The molecule has 4 aromatic heterocycles. The number of hydrogen-bond donors (Lipinski definition) is 0. The van der Waals surface area contributed by atoms with Gasteiger partial charge in [0.15, 0.2) is 0 Å². The highest BCUT2D eigenvalue weighted by molar-refractivity contribution is 5.99. The van der Waals surface area contributed by atoms with Crippen LogP contribution in [-0.2, 0) is 0 Å². The van der Waals surface area contributed by atoms with E-state index in [1.165, 1.54) is 21.5 Å². The molecule has 0 saturated heterocycles. The molecule has 9 rings (SSSR count). The predicted molar refractivity (Wildman–Crippen MR) is 181 cm³/mol. The molecule has 0 bridgehead atoms. The van der Waals surface area contributed by atoms with Crippen LogP contribution >= 0.6 is 0 Å².